The van der Waals surface area contributed by atoms with Crippen LogP contribution < -0.4 is 10.2 Å². The lowest BCUT2D eigenvalue weighted by Crippen LogP contribution is -2.45. The fourth-order valence-electron chi connectivity index (χ4n) is 4.14. The number of amides is 1. The standard InChI is InChI=1S/C26H25BrN6O/c27-25-11-10-23(33-18-28-29-19-33)16-24(25)26(34)30-21-6-8-22(9-7-21)32-14-12-31(13-15-32)17-20-4-2-1-3-5-20/h1-11,16,18-19H,12-15,17H2,(H,30,34). The number of nitrogens with one attached hydrogen (secondary N) is 1. The summed E-state index contributed by atoms with van der Waals surface area (Å²) in [6.45, 7) is 5.03. The van der Waals surface area contributed by atoms with Gasteiger partial charge in [0.1, 0.15) is 12.7 Å². The van der Waals surface area contributed by atoms with E-state index in [1.54, 1.807) is 17.2 Å². The predicted octanol–water partition coefficient (Wildman–Crippen LogP) is 4.60. The van der Waals surface area contributed by atoms with Crippen LogP contribution >= 0.6 is 15.9 Å². The first kappa shape index (κ1) is 22.3. The minimum atomic E-state index is -0.177. The van der Waals surface area contributed by atoms with Crippen molar-refractivity contribution in [1.82, 2.24) is 19.7 Å². The van der Waals surface area contributed by atoms with Crippen LogP contribution in [0.15, 0.2) is 89.9 Å². The molecule has 1 aliphatic heterocycles. The number of anilines is 2. The van der Waals surface area contributed by atoms with Gasteiger partial charge in [0, 0.05) is 54.3 Å². The number of hydrogen-bond acceptors (Lipinski definition) is 5. The topological polar surface area (TPSA) is 66.3 Å². The van der Waals surface area contributed by atoms with Crippen molar-refractivity contribution < 1.29 is 4.79 Å². The maximum Gasteiger partial charge on any atom is 0.256 e. The Morgan fingerprint density at radius 1 is 0.853 bits per heavy atom. The summed E-state index contributed by atoms with van der Waals surface area (Å²) >= 11 is 3.48. The molecule has 1 N–H and O–H groups in total. The smallest absolute Gasteiger partial charge is 0.256 e. The van der Waals surface area contributed by atoms with Crippen molar-refractivity contribution in [1.29, 1.82) is 0 Å². The van der Waals surface area contributed by atoms with Gasteiger partial charge in [0.2, 0.25) is 0 Å². The van der Waals surface area contributed by atoms with Gasteiger partial charge in [-0.2, -0.15) is 0 Å². The van der Waals surface area contributed by atoms with Crippen LogP contribution in [0.1, 0.15) is 15.9 Å². The number of rotatable bonds is 6. The van der Waals surface area contributed by atoms with Crippen LogP contribution in [0.5, 0.6) is 0 Å². The van der Waals surface area contributed by atoms with Crippen molar-refractivity contribution in [2.45, 2.75) is 6.54 Å². The van der Waals surface area contributed by atoms with Crippen LogP contribution in [0, 0.1) is 0 Å². The van der Waals surface area contributed by atoms with Gasteiger partial charge in [0.05, 0.1) is 5.56 Å². The zero-order valence-corrected chi connectivity index (χ0v) is 20.2. The number of hydrogen-bond donors (Lipinski definition) is 1. The van der Waals surface area contributed by atoms with E-state index in [4.69, 9.17) is 0 Å². The number of aromatic nitrogens is 3. The number of carbonyl (C=O) groups excluding carboxylic acids is 1. The van der Waals surface area contributed by atoms with E-state index in [9.17, 15) is 4.79 Å². The Bertz CT molecular complexity index is 1240. The third-order valence-corrected chi connectivity index (χ3v) is 6.71. The maximum absolute atomic E-state index is 12.9. The molecule has 34 heavy (non-hydrogen) atoms. The molecule has 0 atom stereocenters. The highest BCUT2D eigenvalue weighted by atomic mass is 79.9. The zero-order chi connectivity index (χ0) is 23.3. The van der Waals surface area contributed by atoms with E-state index in [2.05, 4.69) is 83.7 Å². The minimum absolute atomic E-state index is 0.177. The predicted molar refractivity (Wildman–Crippen MR) is 137 cm³/mol. The van der Waals surface area contributed by atoms with Crippen molar-refractivity contribution in [2.24, 2.45) is 0 Å². The molecule has 7 nitrogen and oxygen atoms in total. The Balaban J connectivity index is 1.19. The Kier molecular flexibility index (Phi) is 6.69. The molecule has 1 aromatic heterocycles. The van der Waals surface area contributed by atoms with E-state index in [1.165, 1.54) is 11.3 Å². The first-order chi connectivity index (χ1) is 16.7. The molecule has 0 bridgehead atoms. The highest BCUT2D eigenvalue weighted by Gasteiger charge is 2.18. The fraction of sp³-hybridized carbons (Fsp3) is 0.192. The van der Waals surface area contributed by atoms with Crippen molar-refractivity contribution in [3.8, 4) is 5.69 Å². The zero-order valence-electron chi connectivity index (χ0n) is 18.6. The molecule has 3 aromatic carbocycles. The number of halogens is 1. The summed E-state index contributed by atoms with van der Waals surface area (Å²) in [5.41, 5.74) is 4.66. The van der Waals surface area contributed by atoms with Crippen LogP contribution in [0.2, 0.25) is 0 Å². The largest absolute Gasteiger partial charge is 0.369 e. The average Bonchev–Trinajstić information content (AvgIpc) is 3.41. The Morgan fingerprint density at radius 2 is 1.53 bits per heavy atom. The van der Waals surface area contributed by atoms with E-state index in [0.29, 0.717) is 5.56 Å². The van der Waals surface area contributed by atoms with Gasteiger partial charge in [0.25, 0.3) is 5.91 Å². The van der Waals surface area contributed by atoms with Gasteiger partial charge in [-0.3, -0.25) is 14.3 Å². The van der Waals surface area contributed by atoms with Crippen molar-refractivity contribution in [3.05, 3.63) is 101 Å². The molecule has 0 saturated carbocycles. The van der Waals surface area contributed by atoms with Gasteiger partial charge >= 0.3 is 0 Å². The van der Waals surface area contributed by atoms with Crippen molar-refractivity contribution in [2.75, 3.05) is 36.4 Å². The van der Waals surface area contributed by atoms with Gasteiger partial charge in [0.15, 0.2) is 0 Å². The number of piperazine rings is 1. The first-order valence-corrected chi connectivity index (χ1v) is 12.0. The lowest BCUT2D eigenvalue weighted by atomic mass is 10.1. The third kappa shape index (κ3) is 5.18. The van der Waals surface area contributed by atoms with Gasteiger partial charge in [-0.1, -0.05) is 30.3 Å². The molecule has 4 aromatic rings. The van der Waals surface area contributed by atoms with E-state index in [-0.39, 0.29) is 5.91 Å². The SMILES string of the molecule is O=C(Nc1ccc(N2CCN(Cc3ccccc3)CC2)cc1)c1cc(-n2cnnc2)ccc1Br. The van der Waals surface area contributed by atoms with Crippen LogP contribution in [-0.2, 0) is 6.54 Å². The summed E-state index contributed by atoms with van der Waals surface area (Å²) in [7, 11) is 0. The molecule has 8 heteroatoms. The van der Waals surface area contributed by atoms with E-state index in [0.717, 1.165) is 48.6 Å². The Labute approximate surface area is 207 Å². The summed E-state index contributed by atoms with van der Waals surface area (Å²) in [6.07, 6.45) is 3.20. The first-order valence-electron chi connectivity index (χ1n) is 11.2. The molecule has 0 aliphatic carbocycles. The highest BCUT2D eigenvalue weighted by molar-refractivity contribution is 9.10. The number of nitrogens with zero attached hydrogens (tertiary/aromatic N) is 5. The molecule has 1 aliphatic rings. The van der Waals surface area contributed by atoms with Gasteiger partial charge in [-0.05, 0) is 64.0 Å². The fourth-order valence-corrected chi connectivity index (χ4v) is 4.57. The average molecular weight is 517 g/mol. The highest BCUT2D eigenvalue weighted by Crippen LogP contribution is 2.24. The van der Waals surface area contributed by atoms with Crippen molar-refractivity contribution in [3.63, 3.8) is 0 Å². The monoisotopic (exact) mass is 516 g/mol. The Hall–Kier alpha value is -3.49. The van der Waals surface area contributed by atoms with Gasteiger partial charge < -0.3 is 10.2 Å². The van der Waals surface area contributed by atoms with E-state index in [1.807, 2.05) is 30.3 Å². The van der Waals surface area contributed by atoms with Gasteiger partial charge in [-0.15, -0.1) is 10.2 Å². The minimum Gasteiger partial charge on any atom is -0.369 e. The molecule has 1 fully saturated rings. The molecule has 0 radical (unpaired) electrons. The third-order valence-electron chi connectivity index (χ3n) is 6.02. The second-order valence-electron chi connectivity index (χ2n) is 8.28. The quantitative estimate of drug-likeness (QED) is 0.405. The van der Waals surface area contributed by atoms with E-state index >= 15 is 0 Å². The van der Waals surface area contributed by atoms with Crippen LogP contribution in [0.3, 0.4) is 0 Å². The summed E-state index contributed by atoms with van der Waals surface area (Å²) in [5.74, 6) is -0.177. The lowest BCUT2D eigenvalue weighted by molar-refractivity contribution is 0.102. The molecule has 2 heterocycles. The van der Waals surface area contributed by atoms with Gasteiger partial charge in [-0.25, -0.2) is 0 Å². The second kappa shape index (κ2) is 10.2. The molecular formula is C26H25BrN6O. The Morgan fingerprint density at radius 3 is 2.24 bits per heavy atom. The summed E-state index contributed by atoms with van der Waals surface area (Å²) in [5, 5.41) is 10.7. The number of benzene rings is 3. The molecule has 1 saturated heterocycles. The van der Waals surface area contributed by atoms with E-state index < -0.39 is 0 Å². The summed E-state index contributed by atoms with van der Waals surface area (Å²) in [4.78, 5) is 17.8. The summed E-state index contributed by atoms with van der Waals surface area (Å²) < 4.78 is 2.49. The van der Waals surface area contributed by atoms with Crippen molar-refractivity contribution >= 4 is 33.2 Å². The number of carbonyl (C=O) groups is 1. The molecule has 172 valence electrons. The molecule has 1 amide bonds. The van der Waals surface area contributed by atoms with Crippen LogP contribution in [0.25, 0.3) is 5.69 Å². The molecular weight excluding hydrogens is 492 g/mol. The lowest BCUT2D eigenvalue weighted by Gasteiger charge is -2.36. The summed E-state index contributed by atoms with van der Waals surface area (Å²) in [6, 6.07) is 24.2. The molecule has 0 unspecified atom stereocenters. The molecule has 0 spiro atoms. The molecule has 5 rings (SSSR count). The van der Waals surface area contributed by atoms with Crippen LogP contribution in [-0.4, -0.2) is 51.8 Å². The maximum atomic E-state index is 12.9. The van der Waals surface area contributed by atoms with Crippen LogP contribution in [0.4, 0.5) is 11.4 Å². The normalized spacial score (nSPS) is 14.2. The second-order valence-corrected chi connectivity index (χ2v) is 9.14.